The number of nitrogens with zero attached hydrogens (tertiary/aromatic N) is 2. The summed E-state index contributed by atoms with van der Waals surface area (Å²) in [4.78, 5) is 5.24. The fourth-order valence-electron chi connectivity index (χ4n) is 10.2. The largest absolute Gasteiger partial charge is 0.337 e. The van der Waals surface area contributed by atoms with Gasteiger partial charge in [-0.25, -0.2) is 0 Å². The highest BCUT2D eigenvalue weighted by molar-refractivity contribution is 7.25. The van der Waals surface area contributed by atoms with E-state index in [1.165, 1.54) is 81.9 Å². The van der Waals surface area contributed by atoms with Crippen LogP contribution in [0, 0.1) is 0 Å². The average molecular weight is 749 g/mol. The van der Waals surface area contributed by atoms with Gasteiger partial charge in [0.1, 0.15) is 0 Å². The maximum absolute atomic E-state index is 2.65. The zero-order valence-electron chi connectivity index (χ0n) is 31.4. The molecule has 0 saturated heterocycles. The van der Waals surface area contributed by atoms with Crippen molar-refractivity contribution in [2.45, 2.75) is 36.3 Å². The molecule has 0 amide bonds. The third-order valence-electron chi connectivity index (χ3n) is 12.9. The number of rotatable bonds is 5. The minimum absolute atomic E-state index is 0.185. The number of allylic oxidation sites excluding steroid dienone is 8. The quantitative estimate of drug-likeness (QED) is 0.173. The predicted octanol–water partition coefficient (Wildman–Crippen LogP) is 13.9. The Labute approximate surface area is 338 Å². The summed E-state index contributed by atoms with van der Waals surface area (Å²) in [5, 5.41) is 2.68. The lowest BCUT2D eigenvalue weighted by atomic mass is 9.84. The van der Waals surface area contributed by atoms with Crippen molar-refractivity contribution >= 4 is 59.7 Å². The molecule has 5 atom stereocenters. The molecular formula is C54H40N2S. The second kappa shape index (κ2) is 13.1. The molecule has 0 N–H and O–H groups in total. The zero-order chi connectivity index (χ0) is 37.5. The van der Waals surface area contributed by atoms with Crippen LogP contribution in [0.1, 0.15) is 52.0 Å². The highest BCUT2D eigenvalue weighted by atomic mass is 32.1. The van der Waals surface area contributed by atoms with E-state index in [-0.39, 0.29) is 18.0 Å². The van der Waals surface area contributed by atoms with E-state index in [0.29, 0.717) is 11.8 Å². The standard InChI is InChI=1S/C54H40N2S/c1-3-13-35(14-4-1)39-29-40(36-15-5-2-6-16-36)31-42(30-39)56-50-21-11-8-18-44(50)47-32-37(24-27-51(47)56)38-23-26-45-43-17-7-10-20-49(43)55(52(45)33-38)41-25-28-54-48(34-41)46-19-9-12-22-53(46)57-54/h1-30,32-34,40,44-45,50,52H,31H2. The van der Waals surface area contributed by atoms with Gasteiger partial charge in [0.2, 0.25) is 0 Å². The molecule has 0 saturated carbocycles. The summed E-state index contributed by atoms with van der Waals surface area (Å²) in [6.45, 7) is 0. The molecule has 0 fully saturated rings. The molecule has 0 radical (unpaired) electrons. The van der Waals surface area contributed by atoms with Crippen LogP contribution in [0.25, 0.3) is 31.3 Å². The van der Waals surface area contributed by atoms with Crippen molar-refractivity contribution in [1.29, 1.82) is 0 Å². The Balaban J connectivity index is 0.936. The van der Waals surface area contributed by atoms with Gasteiger partial charge in [-0.1, -0.05) is 152 Å². The summed E-state index contributed by atoms with van der Waals surface area (Å²) in [5.74, 6) is 0.880. The predicted molar refractivity (Wildman–Crippen MR) is 242 cm³/mol. The molecule has 3 heterocycles. The average Bonchev–Trinajstić information content (AvgIpc) is 3.94. The summed E-state index contributed by atoms with van der Waals surface area (Å²) in [6, 6.07) is 54.5. The molecule has 272 valence electrons. The Morgan fingerprint density at radius 3 is 2.18 bits per heavy atom. The Kier molecular flexibility index (Phi) is 7.52. The first kappa shape index (κ1) is 32.8. The second-order valence-corrected chi connectivity index (χ2v) is 17.1. The van der Waals surface area contributed by atoms with E-state index in [0.717, 1.165) is 6.42 Å². The van der Waals surface area contributed by atoms with Crippen LogP contribution in [-0.2, 0) is 0 Å². The molecule has 6 aromatic carbocycles. The number of anilines is 3. The number of thiophene rings is 1. The summed E-state index contributed by atoms with van der Waals surface area (Å²) in [5.41, 5.74) is 14.6. The summed E-state index contributed by atoms with van der Waals surface area (Å²) >= 11 is 1.88. The first-order valence-electron chi connectivity index (χ1n) is 20.3. The monoisotopic (exact) mass is 748 g/mol. The number of hydrogen-bond donors (Lipinski definition) is 0. The van der Waals surface area contributed by atoms with Crippen LogP contribution in [0.3, 0.4) is 0 Å². The minimum Gasteiger partial charge on any atom is -0.337 e. The molecule has 5 unspecified atom stereocenters. The number of para-hydroxylation sites is 1. The maximum Gasteiger partial charge on any atom is 0.0635 e. The third-order valence-corrected chi connectivity index (χ3v) is 14.0. The van der Waals surface area contributed by atoms with Gasteiger partial charge in [0.05, 0.1) is 12.1 Å². The molecule has 0 spiro atoms. The van der Waals surface area contributed by atoms with Gasteiger partial charge in [-0.3, -0.25) is 0 Å². The highest BCUT2D eigenvalue weighted by Crippen LogP contribution is 2.52. The topological polar surface area (TPSA) is 6.48 Å². The van der Waals surface area contributed by atoms with Crippen LogP contribution in [0.2, 0.25) is 0 Å². The van der Waals surface area contributed by atoms with Gasteiger partial charge in [-0.05, 0) is 93.9 Å². The van der Waals surface area contributed by atoms with E-state index in [9.17, 15) is 0 Å². The smallest absolute Gasteiger partial charge is 0.0635 e. The van der Waals surface area contributed by atoms with Gasteiger partial charge in [0.15, 0.2) is 0 Å². The highest BCUT2D eigenvalue weighted by Gasteiger charge is 2.41. The third kappa shape index (κ3) is 5.30. The molecule has 3 heteroatoms. The van der Waals surface area contributed by atoms with Gasteiger partial charge in [0.25, 0.3) is 0 Å². The van der Waals surface area contributed by atoms with E-state index in [1.54, 1.807) is 0 Å². The van der Waals surface area contributed by atoms with Gasteiger partial charge in [-0.2, -0.15) is 0 Å². The molecule has 2 aliphatic heterocycles. The van der Waals surface area contributed by atoms with Crippen molar-refractivity contribution < 1.29 is 0 Å². The molecule has 7 aromatic rings. The molecule has 1 aromatic heterocycles. The van der Waals surface area contributed by atoms with Crippen LogP contribution in [-0.4, -0.2) is 12.1 Å². The maximum atomic E-state index is 2.65. The van der Waals surface area contributed by atoms with Crippen LogP contribution in [0.5, 0.6) is 0 Å². The van der Waals surface area contributed by atoms with E-state index in [1.807, 2.05) is 11.3 Å². The van der Waals surface area contributed by atoms with Gasteiger partial charge >= 0.3 is 0 Å². The Bertz CT molecular complexity index is 2920. The summed E-state index contributed by atoms with van der Waals surface area (Å²) in [7, 11) is 0. The van der Waals surface area contributed by atoms with Crippen molar-refractivity contribution in [3.8, 4) is 0 Å². The van der Waals surface area contributed by atoms with E-state index >= 15 is 0 Å². The van der Waals surface area contributed by atoms with Crippen LogP contribution < -0.4 is 9.80 Å². The molecule has 3 aliphatic carbocycles. The fraction of sp³-hybridized carbons (Fsp3) is 0.111. The molecular weight excluding hydrogens is 709 g/mol. The van der Waals surface area contributed by atoms with Crippen LogP contribution >= 0.6 is 11.3 Å². The number of hydrogen-bond acceptors (Lipinski definition) is 3. The van der Waals surface area contributed by atoms with Crippen molar-refractivity contribution in [3.63, 3.8) is 0 Å². The van der Waals surface area contributed by atoms with Crippen molar-refractivity contribution in [3.05, 3.63) is 234 Å². The lowest BCUT2D eigenvalue weighted by Gasteiger charge is -2.34. The minimum atomic E-state index is 0.185. The van der Waals surface area contributed by atoms with Crippen LogP contribution in [0.4, 0.5) is 17.1 Å². The fourth-order valence-corrected chi connectivity index (χ4v) is 11.3. The normalized spacial score (nSPS) is 22.9. The first-order chi connectivity index (χ1) is 28.2. The molecule has 0 bridgehead atoms. The molecule has 57 heavy (non-hydrogen) atoms. The van der Waals surface area contributed by atoms with Crippen molar-refractivity contribution in [2.24, 2.45) is 0 Å². The Morgan fingerprint density at radius 1 is 0.509 bits per heavy atom. The Morgan fingerprint density at radius 2 is 1.26 bits per heavy atom. The lowest BCUT2D eigenvalue weighted by Crippen LogP contribution is -2.33. The number of fused-ring (bicyclic) bond motifs is 9. The van der Waals surface area contributed by atoms with Crippen molar-refractivity contribution in [2.75, 3.05) is 9.80 Å². The van der Waals surface area contributed by atoms with Crippen LogP contribution in [0.15, 0.2) is 206 Å². The summed E-state index contributed by atoms with van der Waals surface area (Å²) in [6.07, 6.45) is 22.6. The second-order valence-electron chi connectivity index (χ2n) is 16.0. The van der Waals surface area contributed by atoms with E-state index in [2.05, 4.69) is 210 Å². The number of benzene rings is 6. The first-order valence-corrected chi connectivity index (χ1v) is 21.1. The Hall–Kier alpha value is -6.42. The van der Waals surface area contributed by atoms with Gasteiger partial charge in [0, 0.05) is 60.7 Å². The van der Waals surface area contributed by atoms with E-state index in [4.69, 9.17) is 0 Å². The summed E-state index contributed by atoms with van der Waals surface area (Å²) < 4.78 is 2.68. The van der Waals surface area contributed by atoms with Crippen molar-refractivity contribution in [1.82, 2.24) is 0 Å². The lowest BCUT2D eigenvalue weighted by molar-refractivity contribution is 0.683. The molecule has 2 nitrogen and oxygen atoms in total. The van der Waals surface area contributed by atoms with E-state index < -0.39 is 0 Å². The zero-order valence-corrected chi connectivity index (χ0v) is 32.3. The SMILES string of the molecule is C1=CC2c3cc(C4=CC5C(C=C4)c4ccccc4N5c4ccc5sc6ccccc6c5c4)ccc3N(C3=CC(c4ccccc4)=CC(c4ccccc4)C3)C2C=C1. The van der Waals surface area contributed by atoms with Gasteiger partial charge in [-0.15, -0.1) is 11.3 Å². The molecule has 5 aliphatic rings. The molecule has 12 rings (SSSR count). The van der Waals surface area contributed by atoms with Gasteiger partial charge < -0.3 is 9.80 Å².